The Balaban J connectivity index is 1.94. The second-order valence-corrected chi connectivity index (χ2v) is 6.59. The first-order chi connectivity index (χ1) is 7.99. The lowest BCUT2D eigenvalue weighted by Gasteiger charge is -2.40. The largest absolute Gasteiger partial charge is 0.370 e. The molecule has 2 rings (SSSR count). The van der Waals surface area contributed by atoms with Gasteiger partial charge in [0, 0.05) is 11.0 Å². The Morgan fingerprint density at radius 3 is 2.65 bits per heavy atom. The van der Waals surface area contributed by atoms with Crippen LogP contribution in [0.1, 0.15) is 38.8 Å². The summed E-state index contributed by atoms with van der Waals surface area (Å²) in [6, 6.07) is 4.09. The van der Waals surface area contributed by atoms with Crippen molar-refractivity contribution in [3.63, 3.8) is 0 Å². The standard InChI is InChI=1S/C14H21BrN2/c1-10-12(15)7-8-13(17-10)16-9-14(2,3)11-5-4-6-11/h7-8,11H,4-6,9H2,1-3H3,(H,16,17). The molecule has 1 aromatic heterocycles. The first kappa shape index (κ1) is 12.9. The molecular formula is C14H21BrN2. The van der Waals surface area contributed by atoms with E-state index in [2.05, 4.69) is 46.1 Å². The fourth-order valence-corrected chi connectivity index (χ4v) is 2.52. The van der Waals surface area contributed by atoms with Crippen LogP contribution in [0.15, 0.2) is 16.6 Å². The molecule has 0 unspecified atom stereocenters. The summed E-state index contributed by atoms with van der Waals surface area (Å²) in [5.41, 5.74) is 1.41. The molecule has 17 heavy (non-hydrogen) atoms. The topological polar surface area (TPSA) is 24.9 Å². The van der Waals surface area contributed by atoms with Crippen molar-refractivity contribution in [2.75, 3.05) is 11.9 Å². The fraction of sp³-hybridized carbons (Fsp3) is 0.643. The van der Waals surface area contributed by atoms with E-state index in [4.69, 9.17) is 0 Å². The number of halogens is 1. The Morgan fingerprint density at radius 2 is 2.12 bits per heavy atom. The Bertz CT molecular complexity index is 397. The third-order valence-corrected chi connectivity index (χ3v) is 4.79. The van der Waals surface area contributed by atoms with Crippen LogP contribution in [0.5, 0.6) is 0 Å². The Kier molecular flexibility index (Phi) is 3.76. The number of anilines is 1. The van der Waals surface area contributed by atoms with Gasteiger partial charge in [0.25, 0.3) is 0 Å². The molecule has 1 aliphatic rings. The number of nitrogens with zero attached hydrogens (tertiary/aromatic N) is 1. The van der Waals surface area contributed by atoms with Crippen LogP contribution in [-0.4, -0.2) is 11.5 Å². The predicted molar refractivity (Wildman–Crippen MR) is 76.3 cm³/mol. The maximum absolute atomic E-state index is 4.52. The van der Waals surface area contributed by atoms with Gasteiger partial charge in [-0.2, -0.15) is 0 Å². The zero-order valence-corrected chi connectivity index (χ0v) is 12.5. The lowest BCUT2D eigenvalue weighted by atomic mass is 9.67. The van der Waals surface area contributed by atoms with Crippen LogP contribution < -0.4 is 5.32 Å². The van der Waals surface area contributed by atoms with Gasteiger partial charge in [-0.15, -0.1) is 0 Å². The second-order valence-electron chi connectivity index (χ2n) is 5.73. The van der Waals surface area contributed by atoms with Crippen molar-refractivity contribution in [2.24, 2.45) is 11.3 Å². The van der Waals surface area contributed by atoms with Crippen LogP contribution in [0.2, 0.25) is 0 Å². The predicted octanol–water partition coefficient (Wildman–Crippen LogP) is 4.39. The molecule has 0 bridgehead atoms. The Morgan fingerprint density at radius 1 is 1.41 bits per heavy atom. The quantitative estimate of drug-likeness (QED) is 0.891. The Labute approximate surface area is 112 Å². The summed E-state index contributed by atoms with van der Waals surface area (Å²) in [5.74, 6) is 1.87. The molecule has 2 nitrogen and oxygen atoms in total. The third kappa shape index (κ3) is 3.01. The van der Waals surface area contributed by atoms with E-state index in [0.717, 1.165) is 28.4 Å². The highest BCUT2D eigenvalue weighted by Crippen LogP contribution is 2.41. The molecule has 0 aromatic carbocycles. The van der Waals surface area contributed by atoms with Crippen LogP contribution in [0.3, 0.4) is 0 Å². The summed E-state index contributed by atoms with van der Waals surface area (Å²) in [4.78, 5) is 4.52. The van der Waals surface area contributed by atoms with Gasteiger partial charge in [-0.25, -0.2) is 4.98 Å². The molecule has 1 saturated carbocycles. The monoisotopic (exact) mass is 296 g/mol. The number of hydrogen-bond acceptors (Lipinski definition) is 2. The minimum atomic E-state index is 0.376. The van der Waals surface area contributed by atoms with E-state index >= 15 is 0 Å². The summed E-state index contributed by atoms with van der Waals surface area (Å²) >= 11 is 3.47. The molecule has 1 aliphatic carbocycles. The fourth-order valence-electron chi connectivity index (χ4n) is 2.29. The molecule has 0 amide bonds. The van der Waals surface area contributed by atoms with Gasteiger partial charge >= 0.3 is 0 Å². The summed E-state index contributed by atoms with van der Waals surface area (Å²) in [6.07, 6.45) is 4.19. The summed E-state index contributed by atoms with van der Waals surface area (Å²) in [6.45, 7) is 7.74. The van der Waals surface area contributed by atoms with Gasteiger partial charge < -0.3 is 5.32 Å². The van der Waals surface area contributed by atoms with Gasteiger partial charge in [-0.1, -0.05) is 20.3 Å². The highest BCUT2D eigenvalue weighted by atomic mass is 79.9. The van der Waals surface area contributed by atoms with E-state index in [0.29, 0.717) is 5.41 Å². The summed E-state index contributed by atoms with van der Waals surface area (Å²) < 4.78 is 1.07. The Hall–Kier alpha value is -0.570. The average molecular weight is 297 g/mol. The SMILES string of the molecule is Cc1nc(NCC(C)(C)C2CCC2)ccc1Br. The molecular weight excluding hydrogens is 276 g/mol. The van der Waals surface area contributed by atoms with Crippen molar-refractivity contribution >= 4 is 21.7 Å². The van der Waals surface area contributed by atoms with Crippen molar-refractivity contribution in [2.45, 2.75) is 40.0 Å². The van der Waals surface area contributed by atoms with Crippen LogP contribution in [0.4, 0.5) is 5.82 Å². The molecule has 1 aromatic rings. The van der Waals surface area contributed by atoms with Gasteiger partial charge in [-0.05, 0) is 59.2 Å². The van der Waals surface area contributed by atoms with Crippen molar-refractivity contribution in [3.05, 3.63) is 22.3 Å². The maximum atomic E-state index is 4.52. The number of rotatable bonds is 4. The third-order valence-electron chi connectivity index (χ3n) is 3.96. The number of aromatic nitrogens is 1. The minimum absolute atomic E-state index is 0.376. The molecule has 0 saturated heterocycles. The lowest BCUT2D eigenvalue weighted by molar-refractivity contribution is 0.134. The van der Waals surface area contributed by atoms with Crippen LogP contribution in [0.25, 0.3) is 0 Å². The highest BCUT2D eigenvalue weighted by Gasteiger charge is 2.33. The van der Waals surface area contributed by atoms with Gasteiger partial charge in [0.15, 0.2) is 0 Å². The number of hydrogen-bond donors (Lipinski definition) is 1. The average Bonchev–Trinajstić information content (AvgIpc) is 2.17. The number of nitrogens with one attached hydrogen (secondary N) is 1. The molecule has 1 heterocycles. The smallest absolute Gasteiger partial charge is 0.126 e. The molecule has 1 N–H and O–H groups in total. The van der Waals surface area contributed by atoms with Crippen molar-refractivity contribution < 1.29 is 0 Å². The second kappa shape index (κ2) is 4.97. The zero-order valence-electron chi connectivity index (χ0n) is 10.9. The van der Waals surface area contributed by atoms with Crippen LogP contribution in [-0.2, 0) is 0 Å². The first-order valence-electron chi connectivity index (χ1n) is 6.36. The molecule has 0 spiro atoms. The molecule has 3 heteroatoms. The van der Waals surface area contributed by atoms with Crippen LogP contribution in [0, 0.1) is 18.3 Å². The van der Waals surface area contributed by atoms with Crippen molar-refractivity contribution in [3.8, 4) is 0 Å². The molecule has 0 aliphatic heterocycles. The van der Waals surface area contributed by atoms with Gasteiger partial charge in [0.1, 0.15) is 5.82 Å². The maximum Gasteiger partial charge on any atom is 0.126 e. The van der Waals surface area contributed by atoms with E-state index in [9.17, 15) is 0 Å². The van der Waals surface area contributed by atoms with E-state index in [1.807, 2.05) is 13.0 Å². The number of aryl methyl sites for hydroxylation is 1. The first-order valence-corrected chi connectivity index (χ1v) is 7.15. The minimum Gasteiger partial charge on any atom is -0.370 e. The molecule has 0 radical (unpaired) electrons. The zero-order chi connectivity index (χ0) is 12.5. The van der Waals surface area contributed by atoms with Gasteiger partial charge in [0.05, 0.1) is 5.69 Å². The van der Waals surface area contributed by atoms with Gasteiger partial charge in [-0.3, -0.25) is 0 Å². The van der Waals surface area contributed by atoms with Crippen molar-refractivity contribution in [1.29, 1.82) is 0 Å². The molecule has 0 atom stereocenters. The normalized spacial score (nSPS) is 16.7. The van der Waals surface area contributed by atoms with Gasteiger partial charge in [0.2, 0.25) is 0 Å². The van der Waals surface area contributed by atoms with E-state index in [-0.39, 0.29) is 0 Å². The van der Waals surface area contributed by atoms with Crippen LogP contribution >= 0.6 is 15.9 Å². The summed E-state index contributed by atoms with van der Waals surface area (Å²) in [7, 11) is 0. The van der Waals surface area contributed by atoms with E-state index in [1.54, 1.807) is 0 Å². The van der Waals surface area contributed by atoms with E-state index < -0.39 is 0 Å². The number of pyridine rings is 1. The molecule has 1 fully saturated rings. The molecule has 94 valence electrons. The van der Waals surface area contributed by atoms with E-state index in [1.165, 1.54) is 19.3 Å². The lowest BCUT2D eigenvalue weighted by Crippen LogP contribution is -2.35. The highest BCUT2D eigenvalue weighted by molar-refractivity contribution is 9.10. The van der Waals surface area contributed by atoms with Crippen molar-refractivity contribution in [1.82, 2.24) is 4.98 Å². The summed E-state index contributed by atoms with van der Waals surface area (Å²) in [5, 5.41) is 3.47.